The summed E-state index contributed by atoms with van der Waals surface area (Å²) < 4.78 is 14.4. The number of halogens is 3. The van der Waals surface area contributed by atoms with Gasteiger partial charge in [0, 0.05) is 26.1 Å². The van der Waals surface area contributed by atoms with E-state index in [9.17, 15) is 9.59 Å². The normalized spacial score (nSPS) is 14.5. The molecule has 0 aliphatic carbocycles. The third-order valence-electron chi connectivity index (χ3n) is 7.46. The minimum absolute atomic E-state index is 0.189. The number of rotatable bonds is 9. The van der Waals surface area contributed by atoms with Crippen LogP contribution in [-0.2, 0) is 16.1 Å². The lowest BCUT2D eigenvalue weighted by Gasteiger charge is -2.26. The summed E-state index contributed by atoms with van der Waals surface area (Å²) in [4.78, 5) is 34.3. The number of thiazole rings is 1. The highest BCUT2D eigenvalue weighted by molar-refractivity contribution is 9.10. The standard InChI is InChI=1S/C36H27BrCl2N2O4S2/c1-3-44-35(43)31-32(22-7-5-4-6-8-22)40-36-41(33(31)23-11-14-26(46-2)15-12-23)34(42)30(47-36)18-21-9-16-29(27(37)17-21)45-20-24-10-13-25(38)19-28(24)39/h4-19,33H,3,20H2,1-2H3/b30-18-/t33-/m1/s1. The predicted molar refractivity (Wildman–Crippen MR) is 194 cm³/mol. The van der Waals surface area contributed by atoms with Crippen LogP contribution in [0, 0.1) is 0 Å². The van der Waals surface area contributed by atoms with Crippen molar-refractivity contribution in [3.63, 3.8) is 0 Å². The van der Waals surface area contributed by atoms with Crippen molar-refractivity contribution in [3.05, 3.63) is 153 Å². The Morgan fingerprint density at radius 3 is 2.49 bits per heavy atom. The average Bonchev–Trinajstić information content (AvgIpc) is 3.38. The third kappa shape index (κ3) is 7.15. The van der Waals surface area contributed by atoms with Gasteiger partial charge < -0.3 is 9.47 Å². The van der Waals surface area contributed by atoms with Crippen molar-refractivity contribution in [1.29, 1.82) is 0 Å². The Hall–Kier alpha value is -3.60. The summed E-state index contributed by atoms with van der Waals surface area (Å²) in [6.45, 7) is 2.21. The summed E-state index contributed by atoms with van der Waals surface area (Å²) in [6.07, 6.45) is 3.82. The number of esters is 1. The molecule has 6 nitrogen and oxygen atoms in total. The molecule has 1 aliphatic heterocycles. The number of ether oxygens (including phenoxy) is 2. The molecule has 238 valence electrons. The number of benzene rings is 4. The SMILES string of the molecule is CCOC(=O)C1=C(c2ccccc2)N=c2s/c(=C\c3ccc(OCc4ccc(Cl)cc4Cl)c(Br)c3)c(=O)n2[C@@H]1c1ccc(SC)cc1. The highest BCUT2D eigenvalue weighted by Crippen LogP contribution is 2.36. The van der Waals surface area contributed by atoms with E-state index < -0.39 is 12.0 Å². The molecular weight excluding hydrogens is 739 g/mol. The molecule has 1 atom stereocenters. The molecule has 0 N–H and O–H groups in total. The fraction of sp³-hybridized carbons (Fsp3) is 0.139. The Morgan fingerprint density at radius 2 is 1.81 bits per heavy atom. The zero-order valence-corrected chi connectivity index (χ0v) is 29.9. The fourth-order valence-electron chi connectivity index (χ4n) is 5.21. The van der Waals surface area contributed by atoms with E-state index in [4.69, 9.17) is 37.7 Å². The second-order valence-electron chi connectivity index (χ2n) is 10.4. The van der Waals surface area contributed by atoms with Crippen molar-refractivity contribution >= 4 is 80.0 Å². The van der Waals surface area contributed by atoms with Crippen LogP contribution in [-0.4, -0.2) is 23.4 Å². The van der Waals surface area contributed by atoms with Crippen LogP contribution in [0.4, 0.5) is 0 Å². The van der Waals surface area contributed by atoms with Crippen molar-refractivity contribution in [2.45, 2.75) is 24.5 Å². The minimum atomic E-state index is -0.735. The van der Waals surface area contributed by atoms with E-state index in [1.165, 1.54) is 11.3 Å². The summed E-state index contributed by atoms with van der Waals surface area (Å²) in [7, 11) is 0. The molecule has 11 heteroatoms. The van der Waals surface area contributed by atoms with Crippen LogP contribution < -0.4 is 19.6 Å². The Kier molecular flexibility index (Phi) is 10.4. The number of carbonyl (C=O) groups excluding carboxylic acids is 1. The third-order valence-corrected chi connectivity index (χ3v) is 10.4. The number of aromatic nitrogens is 1. The number of hydrogen-bond donors (Lipinski definition) is 0. The van der Waals surface area contributed by atoms with Gasteiger partial charge in [0.2, 0.25) is 0 Å². The molecule has 6 rings (SSSR count). The summed E-state index contributed by atoms with van der Waals surface area (Å²) in [5, 5.41) is 1.09. The van der Waals surface area contributed by atoms with E-state index in [0.29, 0.717) is 40.9 Å². The molecule has 0 saturated heterocycles. The van der Waals surface area contributed by atoms with Crippen LogP contribution in [0.2, 0.25) is 10.0 Å². The van der Waals surface area contributed by atoms with Crippen molar-refractivity contribution in [2.75, 3.05) is 12.9 Å². The largest absolute Gasteiger partial charge is 0.488 e. The first-order valence-corrected chi connectivity index (χ1v) is 18.1. The van der Waals surface area contributed by atoms with Crippen molar-refractivity contribution in [3.8, 4) is 5.75 Å². The smallest absolute Gasteiger partial charge is 0.338 e. The van der Waals surface area contributed by atoms with Gasteiger partial charge in [-0.1, -0.05) is 89.1 Å². The first-order valence-electron chi connectivity index (χ1n) is 14.6. The minimum Gasteiger partial charge on any atom is -0.488 e. The molecule has 0 fully saturated rings. The van der Waals surface area contributed by atoms with Gasteiger partial charge in [-0.15, -0.1) is 11.8 Å². The van der Waals surface area contributed by atoms with Gasteiger partial charge in [0.1, 0.15) is 12.4 Å². The highest BCUT2D eigenvalue weighted by atomic mass is 79.9. The van der Waals surface area contributed by atoms with Crippen molar-refractivity contribution in [1.82, 2.24) is 4.57 Å². The van der Waals surface area contributed by atoms with Crippen molar-refractivity contribution in [2.24, 2.45) is 4.99 Å². The summed E-state index contributed by atoms with van der Waals surface area (Å²) in [6, 6.07) is 27.5. The van der Waals surface area contributed by atoms with E-state index in [2.05, 4.69) is 15.9 Å². The van der Waals surface area contributed by atoms with E-state index in [0.717, 1.165) is 27.1 Å². The Bertz CT molecular complexity index is 2180. The quantitative estimate of drug-likeness (QED) is 0.112. The maximum atomic E-state index is 14.2. The fourth-order valence-corrected chi connectivity index (χ4v) is 7.59. The number of thioether (sulfide) groups is 1. The zero-order chi connectivity index (χ0) is 33.1. The van der Waals surface area contributed by atoms with Crippen LogP contribution in [0.1, 0.15) is 35.2 Å². The van der Waals surface area contributed by atoms with Gasteiger partial charge in [-0.2, -0.15) is 0 Å². The zero-order valence-electron chi connectivity index (χ0n) is 25.2. The molecule has 47 heavy (non-hydrogen) atoms. The van der Waals surface area contributed by atoms with Gasteiger partial charge in [0.25, 0.3) is 5.56 Å². The van der Waals surface area contributed by atoms with Gasteiger partial charge in [-0.05, 0) is 82.7 Å². The van der Waals surface area contributed by atoms with Crippen LogP contribution in [0.15, 0.2) is 116 Å². The molecule has 1 aliphatic rings. The Labute approximate surface area is 298 Å². The average molecular weight is 767 g/mol. The van der Waals surface area contributed by atoms with Gasteiger partial charge in [-0.3, -0.25) is 9.36 Å². The molecule has 0 bridgehead atoms. The van der Waals surface area contributed by atoms with Crippen molar-refractivity contribution < 1.29 is 14.3 Å². The lowest BCUT2D eigenvalue weighted by Crippen LogP contribution is -2.40. The Balaban J connectivity index is 1.44. The molecule has 1 aromatic heterocycles. The molecule has 2 heterocycles. The van der Waals surface area contributed by atoms with Gasteiger partial charge in [0.15, 0.2) is 4.80 Å². The lowest BCUT2D eigenvalue weighted by molar-refractivity contribution is -0.138. The molecule has 4 aromatic carbocycles. The second-order valence-corrected chi connectivity index (χ2v) is 14.0. The first kappa shape index (κ1) is 33.3. The van der Waals surface area contributed by atoms with Crippen LogP contribution >= 0.6 is 62.2 Å². The number of hydrogen-bond acceptors (Lipinski definition) is 7. The number of carbonyl (C=O) groups is 1. The molecule has 0 saturated carbocycles. The maximum Gasteiger partial charge on any atom is 0.338 e. The molecule has 0 unspecified atom stereocenters. The number of fused-ring (bicyclic) bond motifs is 1. The predicted octanol–water partition coefficient (Wildman–Crippen LogP) is 8.31. The molecule has 0 radical (unpaired) electrons. The van der Waals surface area contributed by atoms with E-state index in [1.807, 2.05) is 91.2 Å². The molecule has 0 amide bonds. The lowest BCUT2D eigenvalue weighted by atomic mass is 9.93. The second kappa shape index (κ2) is 14.7. The van der Waals surface area contributed by atoms with Crippen LogP contribution in [0.5, 0.6) is 5.75 Å². The summed E-state index contributed by atoms with van der Waals surface area (Å²) in [5.74, 6) is 0.109. The highest BCUT2D eigenvalue weighted by Gasteiger charge is 2.35. The van der Waals surface area contributed by atoms with E-state index in [1.54, 1.807) is 35.4 Å². The van der Waals surface area contributed by atoms with Gasteiger partial charge >= 0.3 is 5.97 Å². The maximum absolute atomic E-state index is 14.2. The monoisotopic (exact) mass is 764 g/mol. The molecule has 5 aromatic rings. The van der Waals surface area contributed by atoms with E-state index >= 15 is 0 Å². The molecule has 0 spiro atoms. The van der Waals surface area contributed by atoms with Crippen LogP contribution in [0.3, 0.4) is 0 Å². The Morgan fingerprint density at radius 1 is 1.04 bits per heavy atom. The van der Waals surface area contributed by atoms with Gasteiger partial charge in [0.05, 0.1) is 32.9 Å². The van der Waals surface area contributed by atoms with Gasteiger partial charge in [-0.25, -0.2) is 9.79 Å². The summed E-state index contributed by atoms with van der Waals surface area (Å²) >= 11 is 18.8. The van der Waals surface area contributed by atoms with E-state index in [-0.39, 0.29) is 18.8 Å². The summed E-state index contributed by atoms with van der Waals surface area (Å²) in [5.41, 5.74) is 3.69. The topological polar surface area (TPSA) is 69.9 Å². The molecular formula is C36H27BrCl2N2O4S2. The number of nitrogens with zero attached hydrogens (tertiary/aromatic N) is 2. The first-order chi connectivity index (χ1) is 22.8. The van der Waals surface area contributed by atoms with Crippen LogP contribution in [0.25, 0.3) is 11.8 Å².